The Morgan fingerprint density at radius 1 is 1.19 bits per heavy atom. The number of hydrogen-bond acceptors (Lipinski definition) is 4. The molecule has 26 heavy (non-hydrogen) atoms. The number of rotatable bonds is 8. The van der Waals surface area contributed by atoms with E-state index in [-0.39, 0.29) is 12.5 Å². The molecule has 2 N–H and O–H groups in total. The molecule has 0 bridgehead atoms. The summed E-state index contributed by atoms with van der Waals surface area (Å²) < 4.78 is 5.65. The normalized spacial score (nSPS) is 11.1. The summed E-state index contributed by atoms with van der Waals surface area (Å²) in [6.07, 6.45) is 0. The summed E-state index contributed by atoms with van der Waals surface area (Å²) in [4.78, 5) is 19.2. The molecule has 0 aliphatic heterocycles. The zero-order valence-corrected chi connectivity index (χ0v) is 16.3. The van der Waals surface area contributed by atoms with Gasteiger partial charge in [0.05, 0.1) is 26.2 Å². The molecule has 1 heterocycles. The highest BCUT2D eigenvalue weighted by atomic mass is 32.1. The van der Waals surface area contributed by atoms with E-state index in [1.165, 1.54) is 4.88 Å². The largest absolute Gasteiger partial charge is 0.494 e. The van der Waals surface area contributed by atoms with Crippen molar-refractivity contribution in [3.63, 3.8) is 0 Å². The van der Waals surface area contributed by atoms with Crippen LogP contribution >= 0.6 is 11.3 Å². The quantitative estimate of drug-likeness (QED) is 0.550. The van der Waals surface area contributed by atoms with E-state index in [0.717, 1.165) is 11.3 Å². The third-order valence-electron chi connectivity index (χ3n) is 3.60. The van der Waals surface area contributed by atoms with Crippen LogP contribution in [-0.4, -0.2) is 44.0 Å². The van der Waals surface area contributed by atoms with Gasteiger partial charge in [0, 0.05) is 24.5 Å². The highest BCUT2D eigenvalue weighted by Crippen LogP contribution is 2.18. The Bertz CT molecular complexity index is 714. The van der Waals surface area contributed by atoms with Crippen molar-refractivity contribution in [3.8, 4) is 5.75 Å². The van der Waals surface area contributed by atoms with Gasteiger partial charge in [-0.2, -0.15) is 0 Å². The molecule has 2 rings (SSSR count). The van der Waals surface area contributed by atoms with Gasteiger partial charge in [-0.1, -0.05) is 24.3 Å². The Kier molecular flexibility index (Phi) is 7.95. The van der Waals surface area contributed by atoms with Crippen LogP contribution < -0.4 is 15.4 Å². The third kappa shape index (κ3) is 6.40. The number of carbonyl (C=O) groups excluding carboxylic acids is 1. The molecule has 1 aromatic carbocycles. The molecule has 0 aliphatic rings. The number of ether oxygens (including phenoxy) is 1. The minimum atomic E-state index is -0.00894. The smallest absolute Gasteiger partial charge is 0.241 e. The molecule has 0 unspecified atom stereocenters. The van der Waals surface area contributed by atoms with Crippen LogP contribution in [0.5, 0.6) is 5.75 Å². The van der Waals surface area contributed by atoms with Crippen molar-refractivity contribution in [2.45, 2.75) is 20.0 Å². The van der Waals surface area contributed by atoms with Gasteiger partial charge >= 0.3 is 0 Å². The minimum absolute atomic E-state index is 0.00894. The molecule has 140 valence electrons. The summed E-state index contributed by atoms with van der Waals surface area (Å²) in [5.41, 5.74) is 1.01. The standard InChI is InChI=1S/C19H26N4O2S/c1-4-25-17-10-6-5-8-15(17)12-20-19(22-14-18(24)23(2)3)21-13-16-9-7-11-26-16/h5-11H,4,12-14H2,1-3H3,(H2,20,21,22). The van der Waals surface area contributed by atoms with Crippen LogP contribution in [0.1, 0.15) is 17.4 Å². The topological polar surface area (TPSA) is 66.0 Å². The van der Waals surface area contributed by atoms with Gasteiger partial charge in [0.15, 0.2) is 5.96 Å². The van der Waals surface area contributed by atoms with E-state index < -0.39 is 0 Å². The molecular formula is C19H26N4O2S. The number of benzene rings is 1. The zero-order valence-electron chi connectivity index (χ0n) is 15.5. The number of likely N-dealkylation sites (N-methyl/N-ethyl adjacent to an activating group) is 1. The van der Waals surface area contributed by atoms with Crippen LogP contribution in [0.4, 0.5) is 0 Å². The summed E-state index contributed by atoms with van der Waals surface area (Å²) in [7, 11) is 3.47. The van der Waals surface area contributed by atoms with Crippen molar-refractivity contribution in [3.05, 3.63) is 52.2 Å². The maximum atomic E-state index is 11.9. The van der Waals surface area contributed by atoms with Crippen molar-refractivity contribution < 1.29 is 9.53 Å². The van der Waals surface area contributed by atoms with Crippen LogP contribution in [0.25, 0.3) is 0 Å². The number of hydrogen-bond donors (Lipinski definition) is 2. The highest BCUT2D eigenvalue weighted by Gasteiger charge is 2.07. The van der Waals surface area contributed by atoms with Crippen LogP contribution in [-0.2, 0) is 17.9 Å². The number of carbonyl (C=O) groups is 1. The Balaban J connectivity index is 2.05. The van der Waals surface area contributed by atoms with Gasteiger partial charge in [-0.3, -0.25) is 4.79 Å². The van der Waals surface area contributed by atoms with Crippen molar-refractivity contribution in [1.29, 1.82) is 0 Å². The molecule has 2 aromatic rings. The van der Waals surface area contributed by atoms with Gasteiger partial charge in [0.1, 0.15) is 5.75 Å². The first-order valence-electron chi connectivity index (χ1n) is 8.55. The van der Waals surface area contributed by atoms with Crippen LogP contribution in [0.15, 0.2) is 46.8 Å². The Hall–Kier alpha value is -2.54. The molecule has 1 aromatic heterocycles. The predicted octanol–water partition coefficient (Wildman–Crippen LogP) is 2.47. The molecule has 1 amide bonds. The molecule has 0 atom stereocenters. The van der Waals surface area contributed by atoms with Gasteiger partial charge in [-0.05, 0) is 24.4 Å². The fourth-order valence-corrected chi connectivity index (χ4v) is 2.82. The number of amides is 1. The van der Waals surface area contributed by atoms with Crippen LogP contribution in [0, 0.1) is 0 Å². The fourth-order valence-electron chi connectivity index (χ4n) is 2.17. The maximum absolute atomic E-state index is 11.9. The third-order valence-corrected chi connectivity index (χ3v) is 4.47. The monoisotopic (exact) mass is 374 g/mol. The summed E-state index contributed by atoms with van der Waals surface area (Å²) in [5, 5.41) is 8.41. The van der Waals surface area contributed by atoms with Crippen LogP contribution in [0.3, 0.4) is 0 Å². The first-order valence-corrected chi connectivity index (χ1v) is 9.43. The second kappa shape index (κ2) is 10.5. The first-order chi connectivity index (χ1) is 12.6. The van der Waals surface area contributed by atoms with E-state index in [9.17, 15) is 4.79 Å². The lowest BCUT2D eigenvalue weighted by Gasteiger charge is -2.15. The van der Waals surface area contributed by atoms with Crippen molar-refractivity contribution in [1.82, 2.24) is 15.5 Å². The van der Waals surface area contributed by atoms with E-state index in [2.05, 4.69) is 21.7 Å². The predicted molar refractivity (Wildman–Crippen MR) is 107 cm³/mol. The molecule has 0 saturated carbocycles. The molecule has 0 spiro atoms. The molecule has 0 aliphatic carbocycles. The lowest BCUT2D eigenvalue weighted by atomic mass is 10.2. The lowest BCUT2D eigenvalue weighted by Crippen LogP contribution is -2.42. The number of para-hydroxylation sites is 1. The first kappa shape index (κ1) is 19.8. The van der Waals surface area contributed by atoms with Gasteiger partial charge in [-0.25, -0.2) is 4.99 Å². The molecule has 6 nitrogen and oxygen atoms in total. The van der Waals surface area contributed by atoms with Crippen molar-refractivity contribution >= 4 is 23.2 Å². The minimum Gasteiger partial charge on any atom is -0.494 e. The summed E-state index contributed by atoms with van der Waals surface area (Å²) in [5.74, 6) is 1.42. The molecular weight excluding hydrogens is 348 g/mol. The number of aliphatic imine (C=N–C) groups is 1. The van der Waals surface area contributed by atoms with E-state index in [1.54, 1.807) is 30.3 Å². The van der Waals surface area contributed by atoms with E-state index in [0.29, 0.717) is 25.7 Å². The summed E-state index contributed by atoms with van der Waals surface area (Å²) >= 11 is 1.68. The Morgan fingerprint density at radius 2 is 2.00 bits per heavy atom. The molecule has 0 fully saturated rings. The second-order valence-corrected chi connectivity index (χ2v) is 6.81. The number of thiophene rings is 1. The van der Waals surface area contributed by atoms with E-state index in [4.69, 9.17) is 4.74 Å². The average Bonchev–Trinajstić information content (AvgIpc) is 3.15. The lowest BCUT2D eigenvalue weighted by molar-refractivity contribution is -0.127. The van der Waals surface area contributed by atoms with Crippen LogP contribution in [0.2, 0.25) is 0 Å². The van der Waals surface area contributed by atoms with Crippen molar-refractivity contribution in [2.75, 3.05) is 27.2 Å². The van der Waals surface area contributed by atoms with Gasteiger partial charge in [0.2, 0.25) is 5.91 Å². The SMILES string of the molecule is CCOc1ccccc1CN=C(NCC(=O)N(C)C)NCc1cccs1. The molecule has 0 radical (unpaired) electrons. The number of guanidine groups is 1. The molecule has 0 saturated heterocycles. The fraction of sp³-hybridized carbons (Fsp3) is 0.368. The van der Waals surface area contributed by atoms with Gasteiger partial charge < -0.3 is 20.3 Å². The second-order valence-electron chi connectivity index (χ2n) is 5.78. The number of nitrogens with zero attached hydrogens (tertiary/aromatic N) is 2. The Morgan fingerprint density at radius 3 is 2.69 bits per heavy atom. The van der Waals surface area contributed by atoms with Gasteiger partial charge in [0.25, 0.3) is 0 Å². The number of nitrogens with one attached hydrogen (secondary N) is 2. The molecule has 7 heteroatoms. The average molecular weight is 375 g/mol. The summed E-state index contributed by atoms with van der Waals surface area (Å²) in [6.45, 7) is 3.89. The van der Waals surface area contributed by atoms with E-state index >= 15 is 0 Å². The Labute approximate surface area is 158 Å². The van der Waals surface area contributed by atoms with Crippen molar-refractivity contribution in [2.24, 2.45) is 4.99 Å². The summed E-state index contributed by atoms with van der Waals surface area (Å²) in [6, 6.07) is 11.9. The van der Waals surface area contributed by atoms with E-state index in [1.807, 2.05) is 42.6 Å². The maximum Gasteiger partial charge on any atom is 0.241 e. The highest BCUT2D eigenvalue weighted by molar-refractivity contribution is 7.09. The zero-order chi connectivity index (χ0) is 18.8. The van der Waals surface area contributed by atoms with Gasteiger partial charge in [-0.15, -0.1) is 11.3 Å².